The number of hydrogen-bond acceptors (Lipinski definition) is 2. The molecule has 1 N–H and O–H groups in total. The average molecular weight is 232 g/mol. The molecule has 92 valence electrons. The maximum absolute atomic E-state index is 10.5. The van der Waals surface area contributed by atoms with E-state index in [-0.39, 0.29) is 11.7 Å². The number of aliphatic hydroxyl groups excluding tert-OH is 1. The van der Waals surface area contributed by atoms with E-state index >= 15 is 0 Å². The molecule has 4 atom stereocenters. The summed E-state index contributed by atoms with van der Waals surface area (Å²) in [6.07, 6.45) is 2.86. The van der Waals surface area contributed by atoms with Crippen LogP contribution in [0.15, 0.2) is 30.3 Å². The van der Waals surface area contributed by atoms with Crippen LogP contribution in [0.2, 0.25) is 0 Å². The highest BCUT2D eigenvalue weighted by Crippen LogP contribution is 2.53. The highest BCUT2D eigenvalue weighted by atomic mass is 16.5. The van der Waals surface area contributed by atoms with Crippen molar-refractivity contribution < 1.29 is 9.84 Å². The van der Waals surface area contributed by atoms with Gasteiger partial charge in [-0.1, -0.05) is 30.3 Å². The van der Waals surface area contributed by atoms with Gasteiger partial charge in [0, 0.05) is 6.61 Å². The Bertz CT molecular complexity index is 381. The lowest BCUT2D eigenvalue weighted by molar-refractivity contribution is -0.0870. The summed E-state index contributed by atoms with van der Waals surface area (Å²) in [5.41, 5.74) is 1.06. The van der Waals surface area contributed by atoms with Gasteiger partial charge in [-0.15, -0.1) is 0 Å². The Hall–Kier alpha value is -0.860. The Morgan fingerprint density at radius 1 is 1.35 bits per heavy atom. The second kappa shape index (κ2) is 4.11. The lowest BCUT2D eigenvalue weighted by Gasteiger charge is -2.29. The van der Waals surface area contributed by atoms with Gasteiger partial charge in [0.1, 0.15) is 0 Å². The molecule has 17 heavy (non-hydrogen) atoms. The first-order chi connectivity index (χ1) is 8.21. The van der Waals surface area contributed by atoms with Crippen molar-refractivity contribution in [3.63, 3.8) is 0 Å². The molecule has 1 heterocycles. The molecule has 2 fully saturated rings. The Morgan fingerprint density at radius 2 is 2.12 bits per heavy atom. The van der Waals surface area contributed by atoms with Gasteiger partial charge in [0.05, 0.1) is 11.7 Å². The molecular formula is C15H20O2. The Kier molecular flexibility index (Phi) is 2.72. The first-order valence-corrected chi connectivity index (χ1v) is 6.58. The van der Waals surface area contributed by atoms with E-state index in [2.05, 4.69) is 31.2 Å². The van der Waals surface area contributed by atoms with Gasteiger partial charge in [-0.25, -0.2) is 0 Å². The predicted molar refractivity (Wildman–Crippen MR) is 66.9 cm³/mol. The number of rotatable bonds is 3. The molecule has 1 saturated carbocycles. The van der Waals surface area contributed by atoms with E-state index in [0.29, 0.717) is 11.8 Å². The van der Waals surface area contributed by atoms with Crippen LogP contribution < -0.4 is 0 Å². The third kappa shape index (κ3) is 2.00. The van der Waals surface area contributed by atoms with Crippen molar-refractivity contribution in [3.05, 3.63) is 35.9 Å². The van der Waals surface area contributed by atoms with Gasteiger partial charge < -0.3 is 9.84 Å². The maximum atomic E-state index is 10.5. The van der Waals surface area contributed by atoms with Crippen LogP contribution in [0.5, 0.6) is 0 Å². The van der Waals surface area contributed by atoms with Crippen molar-refractivity contribution in [3.8, 4) is 0 Å². The fourth-order valence-electron chi connectivity index (χ4n) is 3.13. The van der Waals surface area contributed by atoms with Crippen LogP contribution >= 0.6 is 0 Å². The van der Waals surface area contributed by atoms with E-state index in [9.17, 15) is 5.11 Å². The van der Waals surface area contributed by atoms with Crippen molar-refractivity contribution >= 4 is 0 Å². The summed E-state index contributed by atoms with van der Waals surface area (Å²) < 4.78 is 5.74. The van der Waals surface area contributed by atoms with Crippen LogP contribution in [-0.2, 0) is 4.74 Å². The molecule has 0 aromatic heterocycles. The van der Waals surface area contributed by atoms with Crippen molar-refractivity contribution in [1.29, 1.82) is 0 Å². The molecule has 0 radical (unpaired) electrons. The van der Waals surface area contributed by atoms with Gasteiger partial charge in [-0.3, -0.25) is 0 Å². The SMILES string of the molecule is CC1(C(O)C2CC2c2ccccc2)CCCO1. The Morgan fingerprint density at radius 3 is 2.76 bits per heavy atom. The summed E-state index contributed by atoms with van der Waals surface area (Å²) in [5.74, 6) is 0.924. The predicted octanol–water partition coefficient (Wildman–Crippen LogP) is 2.72. The number of aliphatic hydroxyl groups is 1. The molecule has 0 amide bonds. The van der Waals surface area contributed by atoms with E-state index in [1.165, 1.54) is 5.56 Å². The van der Waals surface area contributed by atoms with Gasteiger partial charge in [-0.05, 0) is 43.6 Å². The zero-order valence-electron chi connectivity index (χ0n) is 10.3. The molecule has 4 unspecified atom stereocenters. The average Bonchev–Trinajstić information content (AvgIpc) is 3.05. The van der Waals surface area contributed by atoms with Crippen molar-refractivity contribution in [2.45, 2.75) is 43.8 Å². The van der Waals surface area contributed by atoms with Crippen LogP contribution in [0.3, 0.4) is 0 Å². The molecule has 1 saturated heterocycles. The van der Waals surface area contributed by atoms with Crippen LogP contribution in [-0.4, -0.2) is 23.4 Å². The van der Waals surface area contributed by atoms with E-state index in [0.717, 1.165) is 25.9 Å². The normalized spacial score (nSPS) is 38.0. The topological polar surface area (TPSA) is 29.5 Å². The second-order valence-corrected chi connectivity index (χ2v) is 5.63. The Balaban J connectivity index is 1.68. The minimum absolute atomic E-state index is 0.297. The smallest absolute Gasteiger partial charge is 0.0916 e. The van der Waals surface area contributed by atoms with Gasteiger partial charge in [0.25, 0.3) is 0 Å². The largest absolute Gasteiger partial charge is 0.390 e. The molecule has 2 nitrogen and oxygen atoms in total. The van der Waals surface area contributed by atoms with Crippen molar-refractivity contribution in [2.75, 3.05) is 6.61 Å². The fourth-order valence-corrected chi connectivity index (χ4v) is 3.13. The highest BCUT2D eigenvalue weighted by molar-refractivity contribution is 5.27. The highest BCUT2D eigenvalue weighted by Gasteiger charge is 2.51. The molecule has 0 spiro atoms. The molecule has 2 heteroatoms. The Labute approximate surface area is 103 Å². The number of ether oxygens (including phenoxy) is 1. The minimum Gasteiger partial charge on any atom is -0.390 e. The fraction of sp³-hybridized carbons (Fsp3) is 0.600. The van der Waals surface area contributed by atoms with E-state index in [4.69, 9.17) is 4.74 Å². The molecule has 1 aliphatic carbocycles. The third-order valence-corrected chi connectivity index (χ3v) is 4.35. The van der Waals surface area contributed by atoms with Crippen LogP contribution in [0, 0.1) is 5.92 Å². The van der Waals surface area contributed by atoms with E-state index < -0.39 is 0 Å². The molecule has 0 bridgehead atoms. The molecular weight excluding hydrogens is 212 g/mol. The first kappa shape index (κ1) is 11.2. The molecule has 2 aliphatic rings. The molecule has 1 aromatic rings. The van der Waals surface area contributed by atoms with Gasteiger partial charge >= 0.3 is 0 Å². The molecule has 1 aromatic carbocycles. The number of hydrogen-bond donors (Lipinski definition) is 1. The van der Waals surface area contributed by atoms with Gasteiger partial charge in [0.15, 0.2) is 0 Å². The molecule has 1 aliphatic heterocycles. The minimum atomic E-state index is -0.310. The molecule has 3 rings (SSSR count). The van der Waals surface area contributed by atoms with Crippen molar-refractivity contribution in [1.82, 2.24) is 0 Å². The monoisotopic (exact) mass is 232 g/mol. The number of benzene rings is 1. The zero-order valence-corrected chi connectivity index (χ0v) is 10.3. The quantitative estimate of drug-likeness (QED) is 0.868. The summed E-state index contributed by atoms with van der Waals surface area (Å²) in [7, 11) is 0. The van der Waals surface area contributed by atoms with Crippen LogP contribution in [0.4, 0.5) is 0 Å². The van der Waals surface area contributed by atoms with Crippen LogP contribution in [0.1, 0.15) is 37.7 Å². The van der Waals surface area contributed by atoms with E-state index in [1.807, 2.05) is 6.07 Å². The van der Waals surface area contributed by atoms with Crippen LogP contribution in [0.25, 0.3) is 0 Å². The second-order valence-electron chi connectivity index (χ2n) is 5.63. The summed E-state index contributed by atoms with van der Waals surface area (Å²) in [6.45, 7) is 2.86. The first-order valence-electron chi connectivity index (χ1n) is 6.58. The summed E-state index contributed by atoms with van der Waals surface area (Å²) in [4.78, 5) is 0. The summed E-state index contributed by atoms with van der Waals surface area (Å²) in [5, 5.41) is 10.5. The zero-order chi connectivity index (χ0) is 11.9. The standard InChI is InChI=1S/C15H20O2/c1-15(8-5-9-17-15)14(16)13-10-12(13)11-6-3-2-4-7-11/h2-4,6-7,12-14,16H,5,8-10H2,1H3. The lowest BCUT2D eigenvalue weighted by Crippen LogP contribution is -2.40. The third-order valence-electron chi connectivity index (χ3n) is 4.35. The van der Waals surface area contributed by atoms with Gasteiger partial charge in [-0.2, -0.15) is 0 Å². The maximum Gasteiger partial charge on any atom is 0.0916 e. The van der Waals surface area contributed by atoms with Crippen molar-refractivity contribution in [2.24, 2.45) is 5.92 Å². The summed E-state index contributed by atoms with van der Waals surface area (Å²) in [6, 6.07) is 10.5. The van der Waals surface area contributed by atoms with E-state index in [1.54, 1.807) is 0 Å². The van der Waals surface area contributed by atoms with Gasteiger partial charge in [0.2, 0.25) is 0 Å². The summed E-state index contributed by atoms with van der Waals surface area (Å²) >= 11 is 0. The lowest BCUT2D eigenvalue weighted by atomic mass is 9.90.